The van der Waals surface area contributed by atoms with E-state index in [4.69, 9.17) is 10.5 Å². The second-order valence-electron chi connectivity index (χ2n) is 3.60. The van der Waals surface area contributed by atoms with E-state index in [1.165, 1.54) is 0 Å². The van der Waals surface area contributed by atoms with Crippen molar-refractivity contribution in [2.45, 2.75) is 32.7 Å². The number of phenols is 1. The van der Waals surface area contributed by atoms with Crippen molar-refractivity contribution in [1.29, 1.82) is 5.41 Å². The highest BCUT2D eigenvalue weighted by molar-refractivity contribution is 5.78. The number of nitrogens with one attached hydrogen (secondary N) is 2. The Morgan fingerprint density at radius 1 is 1.33 bits per heavy atom. The van der Waals surface area contributed by atoms with Gasteiger partial charge >= 0.3 is 0 Å². The molecule has 1 aromatic carbocycles. The molecular weight excluding hydrogens is 188 g/mol. The standard InChI is InChI=1S/C12H18N2O/c1-2-3-4-12(13)14-9-10-5-7-11(15)8-6-10/h5-8,15H,2-4,9H2,1H3,(H2,13,14). The molecule has 3 N–H and O–H groups in total. The third kappa shape index (κ3) is 4.49. The molecule has 82 valence electrons. The van der Waals surface area contributed by atoms with Crippen molar-refractivity contribution in [1.82, 2.24) is 5.32 Å². The van der Waals surface area contributed by atoms with Crippen molar-refractivity contribution in [3.05, 3.63) is 29.8 Å². The zero-order chi connectivity index (χ0) is 11.1. The lowest BCUT2D eigenvalue weighted by atomic mass is 10.2. The minimum atomic E-state index is 0.278. The second kappa shape index (κ2) is 6.06. The van der Waals surface area contributed by atoms with E-state index in [1.807, 2.05) is 12.1 Å². The third-order valence-electron chi connectivity index (χ3n) is 2.22. The number of hydrogen-bond acceptors (Lipinski definition) is 2. The average molecular weight is 206 g/mol. The molecule has 0 fully saturated rings. The van der Waals surface area contributed by atoms with Crippen LogP contribution in [-0.2, 0) is 6.54 Å². The Bertz CT molecular complexity index is 306. The Balaban J connectivity index is 2.30. The summed E-state index contributed by atoms with van der Waals surface area (Å²) in [6.07, 6.45) is 2.99. The van der Waals surface area contributed by atoms with Gasteiger partial charge in [-0.15, -0.1) is 0 Å². The number of unbranched alkanes of at least 4 members (excludes halogenated alkanes) is 1. The molecule has 0 spiro atoms. The molecule has 3 nitrogen and oxygen atoms in total. The Labute approximate surface area is 90.7 Å². The van der Waals surface area contributed by atoms with E-state index >= 15 is 0 Å². The molecule has 3 heteroatoms. The minimum absolute atomic E-state index is 0.278. The van der Waals surface area contributed by atoms with Crippen molar-refractivity contribution >= 4 is 5.84 Å². The van der Waals surface area contributed by atoms with E-state index in [1.54, 1.807) is 12.1 Å². The van der Waals surface area contributed by atoms with Crippen LogP contribution in [0.1, 0.15) is 31.7 Å². The van der Waals surface area contributed by atoms with Gasteiger partial charge in [-0.1, -0.05) is 25.5 Å². The van der Waals surface area contributed by atoms with Crippen molar-refractivity contribution in [3.63, 3.8) is 0 Å². The normalized spacial score (nSPS) is 9.93. The van der Waals surface area contributed by atoms with E-state index in [0.717, 1.165) is 24.8 Å². The fourth-order valence-electron chi connectivity index (χ4n) is 1.26. The zero-order valence-corrected chi connectivity index (χ0v) is 9.09. The first-order valence-corrected chi connectivity index (χ1v) is 5.31. The number of hydrogen-bond donors (Lipinski definition) is 3. The van der Waals surface area contributed by atoms with Gasteiger partial charge in [-0.05, 0) is 24.1 Å². The first kappa shape index (κ1) is 11.6. The topological polar surface area (TPSA) is 56.1 Å². The minimum Gasteiger partial charge on any atom is -0.508 e. The molecule has 0 saturated carbocycles. The van der Waals surface area contributed by atoms with Crippen LogP contribution in [0, 0.1) is 5.41 Å². The number of aromatic hydroxyl groups is 1. The van der Waals surface area contributed by atoms with Crippen LogP contribution in [0.3, 0.4) is 0 Å². The lowest BCUT2D eigenvalue weighted by molar-refractivity contribution is 0.475. The van der Waals surface area contributed by atoms with Crippen LogP contribution in [0.5, 0.6) is 5.75 Å². The summed E-state index contributed by atoms with van der Waals surface area (Å²) >= 11 is 0. The van der Waals surface area contributed by atoms with Crippen LogP contribution < -0.4 is 5.32 Å². The molecule has 0 saturated heterocycles. The summed E-state index contributed by atoms with van der Waals surface area (Å²) in [5.41, 5.74) is 1.08. The summed E-state index contributed by atoms with van der Waals surface area (Å²) in [5.74, 6) is 0.865. The molecule has 0 aliphatic carbocycles. The van der Waals surface area contributed by atoms with Gasteiger partial charge in [0.15, 0.2) is 0 Å². The van der Waals surface area contributed by atoms with Gasteiger partial charge in [0.25, 0.3) is 0 Å². The van der Waals surface area contributed by atoms with E-state index in [0.29, 0.717) is 12.4 Å². The predicted molar refractivity (Wildman–Crippen MR) is 62.2 cm³/mol. The largest absolute Gasteiger partial charge is 0.508 e. The first-order valence-electron chi connectivity index (χ1n) is 5.31. The highest BCUT2D eigenvalue weighted by Gasteiger charge is 1.96. The Hall–Kier alpha value is -1.51. The van der Waals surface area contributed by atoms with E-state index in [-0.39, 0.29) is 5.75 Å². The maximum atomic E-state index is 9.09. The summed E-state index contributed by atoms with van der Waals surface area (Å²) in [5, 5.41) is 19.8. The smallest absolute Gasteiger partial charge is 0.115 e. The lowest BCUT2D eigenvalue weighted by Crippen LogP contribution is -2.21. The fraction of sp³-hybridized carbons (Fsp3) is 0.417. The number of benzene rings is 1. The van der Waals surface area contributed by atoms with Crippen LogP contribution >= 0.6 is 0 Å². The average Bonchev–Trinajstić information content (AvgIpc) is 2.25. The van der Waals surface area contributed by atoms with Crippen molar-refractivity contribution in [3.8, 4) is 5.75 Å². The molecule has 0 aliphatic heterocycles. The molecule has 1 rings (SSSR count). The third-order valence-corrected chi connectivity index (χ3v) is 2.22. The summed E-state index contributed by atoms with van der Waals surface area (Å²) in [6.45, 7) is 2.77. The van der Waals surface area contributed by atoms with Gasteiger partial charge in [0.05, 0.1) is 5.84 Å². The first-order chi connectivity index (χ1) is 7.22. The maximum Gasteiger partial charge on any atom is 0.115 e. The summed E-state index contributed by atoms with van der Waals surface area (Å²) in [4.78, 5) is 0. The van der Waals surface area contributed by atoms with Gasteiger partial charge in [0.1, 0.15) is 5.75 Å². The van der Waals surface area contributed by atoms with Gasteiger partial charge in [0, 0.05) is 13.0 Å². The fourth-order valence-corrected chi connectivity index (χ4v) is 1.26. The molecule has 0 aliphatic rings. The molecule has 0 amide bonds. The highest BCUT2D eigenvalue weighted by Crippen LogP contribution is 2.09. The Kier molecular flexibility index (Phi) is 4.68. The van der Waals surface area contributed by atoms with Crippen LogP contribution in [0.25, 0.3) is 0 Å². The molecule has 1 aromatic rings. The molecule has 0 unspecified atom stereocenters. The van der Waals surface area contributed by atoms with E-state index in [2.05, 4.69) is 12.2 Å². The van der Waals surface area contributed by atoms with Crippen molar-refractivity contribution in [2.24, 2.45) is 0 Å². The van der Waals surface area contributed by atoms with Crippen LogP contribution in [0.4, 0.5) is 0 Å². The second-order valence-corrected chi connectivity index (χ2v) is 3.60. The summed E-state index contributed by atoms with van der Waals surface area (Å²) in [7, 11) is 0. The van der Waals surface area contributed by atoms with Crippen LogP contribution in [0.2, 0.25) is 0 Å². The lowest BCUT2D eigenvalue weighted by Gasteiger charge is -2.07. The maximum absolute atomic E-state index is 9.09. The highest BCUT2D eigenvalue weighted by atomic mass is 16.3. The van der Waals surface area contributed by atoms with Crippen LogP contribution in [-0.4, -0.2) is 10.9 Å². The monoisotopic (exact) mass is 206 g/mol. The van der Waals surface area contributed by atoms with Gasteiger partial charge < -0.3 is 10.4 Å². The molecule has 0 bridgehead atoms. The SMILES string of the molecule is CCCCC(=N)NCc1ccc(O)cc1. The number of rotatable bonds is 5. The zero-order valence-electron chi connectivity index (χ0n) is 9.09. The molecule has 15 heavy (non-hydrogen) atoms. The van der Waals surface area contributed by atoms with Gasteiger partial charge in [-0.3, -0.25) is 5.41 Å². The predicted octanol–water partition coefficient (Wildman–Crippen LogP) is 2.65. The molecule has 0 heterocycles. The van der Waals surface area contributed by atoms with Gasteiger partial charge in [0.2, 0.25) is 0 Å². The molecule has 0 radical (unpaired) electrons. The van der Waals surface area contributed by atoms with Crippen molar-refractivity contribution < 1.29 is 5.11 Å². The van der Waals surface area contributed by atoms with Gasteiger partial charge in [-0.2, -0.15) is 0 Å². The van der Waals surface area contributed by atoms with Crippen molar-refractivity contribution in [2.75, 3.05) is 0 Å². The van der Waals surface area contributed by atoms with E-state index in [9.17, 15) is 0 Å². The number of amidine groups is 1. The quantitative estimate of drug-likeness (QED) is 0.512. The molecule has 0 aromatic heterocycles. The molecule has 0 atom stereocenters. The number of phenolic OH excluding ortho intramolecular Hbond substituents is 1. The summed E-state index contributed by atoms with van der Waals surface area (Å²) < 4.78 is 0. The summed E-state index contributed by atoms with van der Waals surface area (Å²) in [6, 6.07) is 7.03. The van der Waals surface area contributed by atoms with Crippen LogP contribution in [0.15, 0.2) is 24.3 Å². The Morgan fingerprint density at radius 3 is 2.60 bits per heavy atom. The van der Waals surface area contributed by atoms with Gasteiger partial charge in [-0.25, -0.2) is 0 Å². The molecular formula is C12H18N2O. The van der Waals surface area contributed by atoms with E-state index < -0.39 is 0 Å². The Morgan fingerprint density at radius 2 is 2.00 bits per heavy atom.